The minimum atomic E-state index is -0.374. The van der Waals surface area contributed by atoms with Crippen LogP contribution < -0.4 is 11.1 Å². The highest BCUT2D eigenvalue weighted by atomic mass is 16.1. The van der Waals surface area contributed by atoms with E-state index in [2.05, 4.69) is 25.2 Å². The molecule has 1 aliphatic rings. The van der Waals surface area contributed by atoms with E-state index in [9.17, 15) is 4.79 Å². The van der Waals surface area contributed by atoms with Gasteiger partial charge in [-0.05, 0) is 62.3 Å². The smallest absolute Gasteiger partial charge is 0.248 e. The lowest BCUT2D eigenvalue weighted by atomic mass is 9.83. The zero-order valence-electron chi connectivity index (χ0n) is 12.6. The molecule has 1 aromatic carbocycles. The van der Waals surface area contributed by atoms with Gasteiger partial charge < -0.3 is 11.1 Å². The predicted octanol–water partition coefficient (Wildman–Crippen LogP) is 3.50. The average Bonchev–Trinajstić information content (AvgIpc) is 2.36. The van der Waals surface area contributed by atoms with Crippen LogP contribution in [-0.2, 0) is 0 Å². The third kappa shape index (κ3) is 3.62. The molecule has 0 fully saturated rings. The first-order chi connectivity index (χ1) is 9.45. The molecule has 1 amide bonds. The average molecular weight is 272 g/mol. The van der Waals surface area contributed by atoms with E-state index in [1.54, 1.807) is 6.07 Å². The van der Waals surface area contributed by atoms with Gasteiger partial charge in [0.15, 0.2) is 0 Å². The Hall–Kier alpha value is -1.77. The van der Waals surface area contributed by atoms with Crippen LogP contribution >= 0.6 is 0 Å². The minimum absolute atomic E-state index is 0.374. The summed E-state index contributed by atoms with van der Waals surface area (Å²) >= 11 is 0. The molecule has 108 valence electrons. The number of amides is 1. The summed E-state index contributed by atoms with van der Waals surface area (Å²) in [5.41, 5.74) is 9.51. The quantitative estimate of drug-likeness (QED) is 0.824. The number of benzene rings is 1. The van der Waals surface area contributed by atoms with Crippen LogP contribution in [0.5, 0.6) is 0 Å². The van der Waals surface area contributed by atoms with Crippen molar-refractivity contribution in [2.45, 2.75) is 33.6 Å². The molecule has 2 atom stereocenters. The fourth-order valence-corrected chi connectivity index (χ4v) is 3.11. The Kier molecular flexibility index (Phi) is 4.48. The number of hydrogen-bond acceptors (Lipinski definition) is 2. The van der Waals surface area contributed by atoms with E-state index in [4.69, 9.17) is 5.73 Å². The second-order valence-corrected chi connectivity index (χ2v) is 6.07. The number of hydrogen-bond donors (Lipinski definition) is 2. The van der Waals surface area contributed by atoms with Gasteiger partial charge in [-0.3, -0.25) is 4.79 Å². The van der Waals surface area contributed by atoms with Crippen molar-refractivity contribution in [3.63, 3.8) is 0 Å². The number of nitrogens with one attached hydrogen (secondary N) is 1. The molecular formula is C17H24N2O. The Bertz CT molecular complexity index is 534. The number of nitrogens with two attached hydrogens (primary N) is 1. The fraction of sp³-hybridized carbons (Fsp3) is 0.471. The van der Waals surface area contributed by atoms with Crippen LogP contribution in [0, 0.1) is 18.8 Å². The van der Waals surface area contributed by atoms with Gasteiger partial charge in [-0.2, -0.15) is 0 Å². The maximum Gasteiger partial charge on any atom is 0.248 e. The molecule has 3 heteroatoms. The van der Waals surface area contributed by atoms with Crippen molar-refractivity contribution < 1.29 is 4.79 Å². The molecule has 0 radical (unpaired) electrons. The van der Waals surface area contributed by atoms with E-state index in [-0.39, 0.29) is 5.91 Å². The van der Waals surface area contributed by atoms with Gasteiger partial charge >= 0.3 is 0 Å². The van der Waals surface area contributed by atoms with Crippen molar-refractivity contribution in [3.8, 4) is 0 Å². The molecular weight excluding hydrogens is 248 g/mol. The maximum absolute atomic E-state index is 11.1. The Morgan fingerprint density at radius 3 is 2.75 bits per heavy atom. The normalized spacial score (nSPS) is 22.2. The predicted molar refractivity (Wildman–Crippen MR) is 83.8 cm³/mol. The van der Waals surface area contributed by atoms with E-state index < -0.39 is 0 Å². The molecule has 1 aromatic rings. The molecule has 2 rings (SSSR count). The Balaban J connectivity index is 1.98. The van der Waals surface area contributed by atoms with Crippen molar-refractivity contribution in [2.75, 3.05) is 11.9 Å². The summed E-state index contributed by atoms with van der Waals surface area (Å²) in [6.45, 7) is 7.48. The van der Waals surface area contributed by atoms with Crippen LogP contribution in [0.1, 0.15) is 42.6 Å². The van der Waals surface area contributed by atoms with E-state index in [0.29, 0.717) is 17.4 Å². The fourth-order valence-electron chi connectivity index (χ4n) is 3.11. The number of carbonyl (C=O) groups excluding carboxylic acids is 1. The van der Waals surface area contributed by atoms with Gasteiger partial charge in [0.05, 0.1) is 0 Å². The van der Waals surface area contributed by atoms with Crippen LogP contribution in [0.25, 0.3) is 0 Å². The van der Waals surface area contributed by atoms with Crippen molar-refractivity contribution in [3.05, 3.63) is 41.0 Å². The third-order valence-electron chi connectivity index (χ3n) is 3.98. The summed E-state index contributed by atoms with van der Waals surface area (Å²) < 4.78 is 0. The third-order valence-corrected chi connectivity index (χ3v) is 3.98. The minimum Gasteiger partial charge on any atom is -0.385 e. The zero-order chi connectivity index (χ0) is 14.7. The lowest BCUT2D eigenvalue weighted by Crippen LogP contribution is -2.20. The SMILES string of the molecule is CC1=CC(C)CC(CNc2ccc(C(N)=O)cc2C)C1. The topological polar surface area (TPSA) is 55.1 Å². The second kappa shape index (κ2) is 6.12. The summed E-state index contributed by atoms with van der Waals surface area (Å²) in [5.74, 6) is 0.987. The standard InChI is InChI=1S/C17H24N2O/c1-11-6-12(2)8-14(7-11)10-19-16-5-4-15(17(18)20)9-13(16)3/h4-6,9,11,14,19H,7-8,10H2,1-3H3,(H2,18,20). The first-order valence-electron chi connectivity index (χ1n) is 7.27. The molecule has 0 heterocycles. The summed E-state index contributed by atoms with van der Waals surface area (Å²) in [5, 5.41) is 3.51. The molecule has 0 saturated heterocycles. The van der Waals surface area contributed by atoms with Gasteiger partial charge in [0.1, 0.15) is 0 Å². The first-order valence-corrected chi connectivity index (χ1v) is 7.27. The van der Waals surface area contributed by atoms with Gasteiger partial charge in [0.2, 0.25) is 5.91 Å². The molecule has 1 aliphatic carbocycles. The highest BCUT2D eigenvalue weighted by molar-refractivity contribution is 5.93. The lowest BCUT2D eigenvalue weighted by molar-refractivity contribution is 0.1000. The summed E-state index contributed by atoms with van der Waals surface area (Å²) in [6, 6.07) is 5.58. The molecule has 0 aliphatic heterocycles. The van der Waals surface area contributed by atoms with Gasteiger partial charge in [-0.15, -0.1) is 0 Å². The van der Waals surface area contributed by atoms with E-state index in [0.717, 1.165) is 17.8 Å². The van der Waals surface area contributed by atoms with Gasteiger partial charge in [-0.1, -0.05) is 18.6 Å². The highest BCUT2D eigenvalue weighted by Gasteiger charge is 2.18. The van der Waals surface area contributed by atoms with Crippen molar-refractivity contribution in [2.24, 2.45) is 17.6 Å². The molecule has 20 heavy (non-hydrogen) atoms. The molecule has 3 N–H and O–H groups in total. The van der Waals surface area contributed by atoms with Crippen LogP contribution in [0.2, 0.25) is 0 Å². The molecule has 2 unspecified atom stereocenters. The molecule has 3 nitrogen and oxygen atoms in total. The number of carbonyl (C=O) groups is 1. The molecule has 0 bridgehead atoms. The number of anilines is 1. The molecule has 0 spiro atoms. The Labute approximate surface area is 121 Å². The van der Waals surface area contributed by atoms with Gasteiger partial charge in [-0.25, -0.2) is 0 Å². The monoisotopic (exact) mass is 272 g/mol. The number of rotatable bonds is 4. The largest absolute Gasteiger partial charge is 0.385 e. The molecule has 0 aromatic heterocycles. The second-order valence-electron chi connectivity index (χ2n) is 6.07. The van der Waals surface area contributed by atoms with E-state index in [1.807, 2.05) is 19.1 Å². The summed E-state index contributed by atoms with van der Waals surface area (Å²) in [6.07, 6.45) is 4.79. The lowest BCUT2D eigenvalue weighted by Gasteiger charge is -2.26. The maximum atomic E-state index is 11.1. The summed E-state index contributed by atoms with van der Waals surface area (Å²) in [7, 11) is 0. The van der Waals surface area contributed by atoms with Crippen LogP contribution in [0.4, 0.5) is 5.69 Å². The zero-order valence-corrected chi connectivity index (χ0v) is 12.6. The number of allylic oxidation sites excluding steroid dienone is 2. The Morgan fingerprint density at radius 1 is 1.40 bits per heavy atom. The van der Waals surface area contributed by atoms with Gasteiger partial charge in [0.25, 0.3) is 0 Å². The molecule has 0 saturated carbocycles. The van der Waals surface area contributed by atoms with Crippen molar-refractivity contribution in [1.29, 1.82) is 0 Å². The Morgan fingerprint density at radius 2 is 2.15 bits per heavy atom. The first kappa shape index (κ1) is 14.6. The van der Waals surface area contributed by atoms with Crippen molar-refractivity contribution >= 4 is 11.6 Å². The van der Waals surface area contributed by atoms with Gasteiger partial charge in [0, 0.05) is 17.8 Å². The number of primary amides is 1. The number of aryl methyl sites for hydroxylation is 1. The van der Waals surface area contributed by atoms with Crippen LogP contribution in [0.15, 0.2) is 29.8 Å². The summed E-state index contributed by atoms with van der Waals surface area (Å²) in [4.78, 5) is 11.1. The van der Waals surface area contributed by atoms with Crippen LogP contribution in [-0.4, -0.2) is 12.5 Å². The van der Waals surface area contributed by atoms with Crippen molar-refractivity contribution in [1.82, 2.24) is 0 Å². The van der Waals surface area contributed by atoms with E-state index >= 15 is 0 Å². The van der Waals surface area contributed by atoms with E-state index in [1.165, 1.54) is 18.4 Å². The van der Waals surface area contributed by atoms with Crippen LogP contribution in [0.3, 0.4) is 0 Å². The highest BCUT2D eigenvalue weighted by Crippen LogP contribution is 2.28.